The van der Waals surface area contributed by atoms with E-state index in [1.165, 1.54) is 38.6 Å². The van der Waals surface area contributed by atoms with Crippen molar-refractivity contribution < 1.29 is 4.74 Å². The summed E-state index contributed by atoms with van der Waals surface area (Å²) in [6, 6.07) is 22.7. The van der Waals surface area contributed by atoms with Gasteiger partial charge in [0.25, 0.3) is 0 Å². The largest absolute Gasteiger partial charge is 0.491 e. The zero-order chi connectivity index (χ0) is 22.4. The first kappa shape index (κ1) is 20.4. The van der Waals surface area contributed by atoms with Gasteiger partial charge in [0.1, 0.15) is 5.75 Å². The van der Waals surface area contributed by atoms with Crippen LogP contribution in [0.1, 0.15) is 56.2 Å². The number of allylic oxidation sites excluding steroid dienone is 2. The van der Waals surface area contributed by atoms with E-state index in [2.05, 4.69) is 96.5 Å². The molecule has 0 spiro atoms. The van der Waals surface area contributed by atoms with E-state index < -0.39 is 0 Å². The molecule has 2 aliphatic rings. The van der Waals surface area contributed by atoms with Gasteiger partial charge in [0, 0.05) is 34.3 Å². The second-order valence-electron chi connectivity index (χ2n) is 9.44. The van der Waals surface area contributed by atoms with Crippen molar-refractivity contribution in [3.63, 3.8) is 0 Å². The molecule has 3 atom stereocenters. The zero-order valence-corrected chi connectivity index (χ0v) is 19.6. The molecule has 0 bridgehead atoms. The highest BCUT2D eigenvalue weighted by Crippen LogP contribution is 2.52. The molecule has 3 aromatic carbocycles. The van der Waals surface area contributed by atoms with Gasteiger partial charge in [-0.25, -0.2) is 0 Å². The summed E-state index contributed by atoms with van der Waals surface area (Å²) in [5.74, 6) is 1.96. The molecule has 3 unspecified atom stereocenters. The van der Waals surface area contributed by atoms with Crippen molar-refractivity contribution in [1.82, 2.24) is 4.57 Å². The summed E-state index contributed by atoms with van der Waals surface area (Å²) in [6.07, 6.45) is 8.11. The molecule has 3 heteroatoms. The number of rotatable bonds is 6. The van der Waals surface area contributed by atoms with Crippen LogP contribution in [0.4, 0.5) is 5.69 Å². The normalized spacial score (nSPS) is 21.2. The molecule has 0 amide bonds. The van der Waals surface area contributed by atoms with Crippen molar-refractivity contribution >= 4 is 27.5 Å². The Labute approximate surface area is 196 Å². The summed E-state index contributed by atoms with van der Waals surface area (Å²) in [5, 5.41) is 6.64. The Morgan fingerprint density at radius 2 is 1.85 bits per heavy atom. The van der Waals surface area contributed by atoms with E-state index in [4.69, 9.17) is 4.74 Å². The third-order valence-electron chi connectivity index (χ3n) is 7.59. The molecular formula is C30H32N2O. The van der Waals surface area contributed by atoms with E-state index in [0.717, 1.165) is 38.2 Å². The Morgan fingerprint density at radius 3 is 2.73 bits per heavy atom. The number of benzene rings is 3. The number of aromatic nitrogens is 1. The van der Waals surface area contributed by atoms with Crippen LogP contribution in [0.3, 0.4) is 0 Å². The van der Waals surface area contributed by atoms with Crippen LogP contribution < -0.4 is 10.1 Å². The molecule has 6 rings (SSSR count). The van der Waals surface area contributed by atoms with Crippen LogP contribution in [0.2, 0.25) is 0 Å². The molecule has 4 aromatic rings. The predicted molar refractivity (Wildman–Crippen MR) is 138 cm³/mol. The van der Waals surface area contributed by atoms with Crippen molar-refractivity contribution in [2.24, 2.45) is 5.92 Å². The Morgan fingerprint density at radius 1 is 0.970 bits per heavy atom. The molecule has 0 radical (unpaired) electrons. The number of nitrogens with zero attached hydrogens (tertiary/aromatic N) is 1. The topological polar surface area (TPSA) is 26.2 Å². The molecule has 33 heavy (non-hydrogen) atoms. The Hall–Kier alpha value is -3.20. The average Bonchev–Trinajstić information content (AvgIpc) is 3.47. The fraction of sp³-hybridized carbons (Fsp3) is 0.333. The number of anilines is 1. The number of para-hydroxylation sites is 2. The average molecular weight is 437 g/mol. The lowest BCUT2D eigenvalue weighted by Gasteiger charge is -2.38. The van der Waals surface area contributed by atoms with Crippen molar-refractivity contribution in [2.75, 3.05) is 11.9 Å². The second-order valence-corrected chi connectivity index (χ2v) is 9.44. The summed E-state index contributed by atoms with van der Waals surface area (Å²) in [5.41, 5.74) is 6.57. The van der Waals surface area contributed by atoms with Crippen LogP contribution in [0, 0.1) is 5.92 Å². The number of hydrogen-bond acceptors (Lipinski definition) is 2. The number of fused-ring (bicyclic) bond motifs is 6. The van der Waals surface area contributed by atoms with Crippen molar-refractivity contribution in [1.29, 1.82) is 0 Å². The van der Waals surface area contributed by atoms with Crippen molar-refractivity contribution in [3.8, 4) is 5.75 Å². The fourth-order valence-corrected chi connectivity index (χ4v) is 5.97. The monoisotopic (exact) mass is 436 g/mol. The number of hydrogen-bond donors (Lipinski definition) is 1. The number of ether oxygens (including phenoxy) is 1. The van der Waals surface area contributed by atoms with Crippen LogP contribution in [0.5, 0.6) is 5.75 Å². The maximum absolute atomic E-state index is 6.23. The van der Waals surface area contributed by atoms with Gasteiger partial charge in [-0.1, -0.05) is 61.9 Å². The van der Waals surface area contributed by atoms with E-state index in [0.29, 0.717) is 11.8 Å². The van der Waals surface area contributed by atoms with Gasteiger partial charge in [-0.05, 0) is 61.1 Å². The van der Waals surface area contributed by atoms with Gasteiger partial charge in [0.2, 0.25) is 0 Å². The maximum atomic E-state index is 6.23. The standard InChI is InChI=1S/C30H32N2O/c1-3-5-18-33-28-15-9-13-24-21-11-8-12-23(21)29(31-30(24)28)20-16-17-27-25(19-20)22-10-6-7-14-26(22)32(27)4-2/h6-11,13-17,19,21,23,29,31H,3-5,12,18H2,1-2H3. The zero-order valence-electron chi connectivity index (χ0n) is 19.6. The molecule has 168 valence electrons. The molecule has 1 N–H and O–H groups in total. The van der Waals surface area contributed by atoms with Gasteiger partial charge in [0.05, 0.1) is 18.3 Å². The van der Waals surface area contributed by atoms with Crippen LogP contribution in [-0.2, 0) is 6.54 Å². The summed E-state index contributed by atoms with van der Waals surface area (Å²) < 4.78 is 8.66. The molecule has 0 saturated carbocycles. The number of unbranched alkanes of at least 4 members (excludes halogenated alkanes) is 1. The van der Waals surface area contributed by atoms with Gasteiger partial charge in [0.15, 0.2) is 0 Å². The highest BCUT2D eigenvalue weighted by atomic mass is 16.5. The number of nitrogens with one attached hydrogen (secondary N) is 1. The van der Waals surface area contributed by atoms with Gasteiger partial charge >= 0.3 is 0 Å². The highest BCUT2D eigenvalue weighted by Gasteiger charge is 2.39. The molecule has 1 aromatic heterocycles. The molecule has 1 aliphatic carbocycles. The van der Waals surface area contributed by atoms with Gasteiger partial charge in [-0.3, -0.25) is 0 Å². The fourth-order valence-electron chi connectivity index (χ4n) is 5.97. The lowest BCUT2D eigenvalue weighted by Crippen LogP contribution is -2.29. The summed E-state index contributed by atoms with van der Waals surface area (Å²) in [4.78, 5) is 0. The van der Waals surface area contributed by atoms with E-state index in [9.17, 15) is 0 Å². The summed E-state index contributed by atoms with van der Waals surface area (Å²) in [6.45, 7) is 6.18. The maximum Gasteiger partial charge on any atom is 0.142 e. The van der Waals surface area contributed by atoms with E-state index >= 15 is 0 Å². The van der Waals surface area contributed by atoms with Crippen LogP contribution in [0.15, 0.2) is 72.8 Å². The van der Waals surface area contributed by atoms with Crippen molar-refractivity contribution in [2.45, 2.75) is 51.6 Å². The number of aryl methyl sites for hydroxylation is 1. The molecular weight excluding hydrogens is 404 g/mol. The quantitative estimate of drug-likeness (QED) is 0.246. The van der Waals surface area contributed by atoms with Crippen LogP contribution in [-0.4, -0.2) is 11.2 Å². The smallest absolute Gasteiger partial charge is 0.142 e. The predicted octanol–water partition coefficient (Wildman–Crippen LogP) is 7.82. The second kappa shape index (κ2) is 8.30. The summed E-state index contributed by atoms with van der Waals surface area (Å²) >= 11 is 0. The molecule has 1 aliphatic heterocycles. The van der Waals surface area contributed by atoms with E-state index in [-0.39, 0.29) is 6.04 Å². The molecule has 2 heterocycles. The Kier molecular flexibility index (Phi) is 5.13. The van der Waals surface area contributed by atoms with E-state index in [1.807, 2.05) is 0 Å². The SMILES string of the molecule is CCCCOc1cccc2c1NC(c1ccc3c(c1)c1ccccc1n3CC)C1CC=CC21. The third-order valence-corrected chi connectivity index (χ3v) is 7.59. The lowest BCUT2D eigenvalue weighted by atomic mass is 9.76. The first-order valence-electron chi connectivity index (χ1n) is 12.5. The highest BCUT2D eigenvalue weighted by molar-refractivity contribution is 6.08. The molecule has 3 nitrogen and oxygen atoms in total. The van der Waals surface area contributed by atoms with Crippen LogP contribution >= 0.6 is 0 Å². The minimum Gasteiger partial charge on any atom is -0.491 e. The summed E-state index contributed by atoms with van der Waals surface area (Å²) in [7, 11) is 0. The van der Waals surface area contributed by atoms with E-state index in [1.54, 1.807) is 0 Å². The minimum atomic E-state index is 0.265. The Balaban J connectivity index is 1.45. The van der Waals surface area contributed by atoms with Gasteiger partial charge in [-0.2, -0.15) is 0 Å². The third kappa shape index (κ3) is 3.25. The minimum absolute atomic E-state index is 0.265. The Bertz CT molecular complexity index is 1350. The van der Waals surface area contributed by atoms with Gasteiger partial charge < -0.3 is 14.6 Å². The molecule has 0 saturated heterocycles. The van der Waals surface area contributed by atoms with Crippen LogP contribution in [0.25, 0.3) is 21.8 Å². The lowest BCUT2D eigenvalue weighted by molar-refractivity contribution is 0.308. The van der Waals surface area contributed by atoms with Gasteiger partial charge in [-0.15, -0.1) is 0 Å². The van der Waals surface area contributed by atoms with Crippen molar-refractivity contribution in [3.05, 3.63) is 83.9 Å². The first-order chi connectivity index (χ1) is 16.3. The molecule has 0 fully saturated rings. The first-order valence-corrected chi connectivity index (χ1v) is 12.5.